The van der Waals surface area contributed by atoms with Gasteiger partial charge in [-0.05, 0) is 29.8 Å². The average Bonchev–Trinajstić information content (AvgIpc) is 2.60. The summed E-state index contributed by atoms with van der Waals surface area (Å²) in [6, 6.07) is 15.5. The quantitative estimate of drug-likeness (QED) is 0.632. The van der Waals surface area contributed by atoms with Gasteiger partial charge in [0.15, 0.2) is 0 Å². The Bertz CT molecular complexity index is 709. The van der Waals surface area contributed by atoms with Crippen LogP contribution in [0.25, 0.3) is 0 Å². The van der Waals surface area contributed by atoms with E-state index in [0.717, 1.165) is 11.3 Å². The number of benzene rings is 2. The van der Waals surface area contributed by atoms with Gasteiger partial charge >= 0.3 is 0 Å². The lowest BCUT2D eigenvalue weighted by Crippen LogP contribution is -2.00. The zero-order chi connectivity index (χ0) is 16.7. The Morgan fingerprint density at radius 2 is 1.78 bits per heavy atom. The first-order valence-electron chi connectivity index (χ1n) is 7.09. The summed E-state index contributed by atoms with van der Waals surface area (Å²) in [6.45, 7) is 0. The molecule has 0 heterocycles. The molecule has 0 amide bonds. The number of hydrogen-bond donors (Lipinski definition) is 2. The highest BCUT2D eigenvalue weighted by molar-refractivity contribution is 5.64. The number of nitrogen functional groups attached to an aromatic ring is 1. The minimum atomic E-state index is 0.448. The Kier molecular flexibility index (Phi) is 5.48. The van der Waals surface area contributed by atoms with Crippen LogP contribution < -0.4 is 20.5 Å². The Hall–Kier alpha value is -3.13. The van der Waals surface area contributed by atoms with Crippen LogP contribution >= 0.6 is 0 Å². The highest BCUT2D eigenvalue weighted by atomic mass is 16.5. The van der Waals surface area contributed by atoms with Crippen molar-refractivity contribution in [3.8, 4) is 17.6 Å². The van der Waals surface area contributed by atoms with E-state index in [1.54, 1.807) is 20.4 Å². The van der Waals surface area contributed by atoms with Gasteiger partial charge in [-0.1, -0.05) is 18.2 Å². The number of nitrogens with one attached hydrogen (secondary N) is 1. The largest absolute Gasteiger partial charge is 0.494 e. The fourth-order valence-corrected chi connectivity index (χ4v) is 2.14. The summed E-state index contributed by atoms with van der Waals surface area (Å²) >= 11 is 0. The number of anilines is 2. The van der Waals surface area contributed by atoms with Crippen molar-refractivity contribution in [3.63, 3.8) is 0 Å². The van der Waals surface area contributed by atoms with E-state index in [4.69, 9.17) is 15.2 Å². The van der Waals surface area contributed by atoms with Crippen molar-refractivity contribution in [2.45, 2.75) is 6.42 Å². The molecule has 23 heavy (non-hydrogen) atoms. The second kappa shape index (κ2) is 7.76. The molecule has 0 bridgehead atoms. The van der Waals surface area contributed by atoms with E-state index in [9.17, 15) is 5.26 Å². The predicted molar refractivity (Wildman–Crippen MR) is 91.4 cm³/mol. The Balaban J connectivity index is 2.20. The van der Waals surface area contributed by atoms with Gasteiger partial charge in [0.25, 0.3) is 0 Å². The summed E-state index contributed by atoms with van der Waals surface area (Å²) in [5.74, 6) is 1.07. The number of para-hydroxylation sites is 1. The number of nitrogens with two attached hydrogens (primary N) is 1. The smallest absolute Gasteiger partial charge is 0.145 e. The van der Waals surface area contributed by atoms with E-state index < -0.39 is 0 Å². The number of ether oxygens (including phenoxy) is 2. The van der Waals surface area contributed by atoms with Crippen molar-refractivity contribution in [2.24, 2.45) is 0 Å². The van der Waals surface area contributed by atoms with E-state index >= 15 is 0 Å². The van der Waals surface area contributed by atoms with Gasteiger partial charge in [0.05, 0.1) is 20.3 Å². The van der Waals surface area contributed by atoms with Crippen molar-refractivity contribution in [3.05, 3.63) is 59.8 Å². The van der Waals surface area contributed by atoms with Gasteiger partial charge in [-0.25, -0.2) is 0 Å². The molecule has 0 saturated heterocycles. The van der Waals surface area contributed by atoms with E-state index in [1.165, 1.54) is 0 Å². The summed E-state index contributed by atoms with van der Waals surface area (Å²) in [5.41, 5.74) is 8.77. The highest BCUT2D eigenvalue weighted by Crippen LogP contribution is 2.33. The number of nitriles is 1. The number of methoxy groups -OCH3 is 2. The number of nitrogens with zero attached hydrogens (tertiary/aromatic N) is 1. The van der Waals surface area contributed by atoms with Crippen LogP contribution in [-0.2, 0) is 6.42 Å². The first kappa shape index (κ1) is 16.2. The molecule has 5 nitrogen and oxygen atoms in total. The third-order valence-corrected chi connectivity index (χ3v) is 3.33. The zero-order valence-electron chi connectivity index (χ0n) is 13.2. The third kappa shape index (κ3) is 4.17. The lowest BCUT2D eigenvalue weighted by atomic mass is 10.0. The van der Waals surface area contributed by atoms with E-state index in [1.807, 2.05) is 42.5 Å². The summed E-state index contributed by atoms with van der Waals surface area (Å²) in [6.07, 6.45) is 2.15. The monoisotopic (exact) mass is 309 g/mol. The molecule has 0 saturated carbocycles. The molecular formula is C18H19N3O2. The molecule has 0 radical (unpaired) electrons. The molecule has 5 heteroatoms. The minimum absolute atomic E-state index is 0.448. The SMILES string of the molecule is COc1cc(CC(C#N)=CNc2ccccc2)cc(OC)c1N. The fourth-order valence-electron chi connectivity index (χ4n) is 2.14. The normalized spacial score (nSPS) is 10.7. The second-order valence-electron chi connectivity index (χ2n) is 4.88. The topological polar surface area (TPSA) is 80.3 Å². The van der Waals surface area contributed by atoms with Crippen LogP contribution in [0.2, 0.25) is 0 Å². The van der Waals surface area contributed by atoms with Crippen molar-refractivity contribution in [1.82, 2.24) is 0 Å². The molecule has 0 unspecified atom stereocenters. The lowest BCUT2D eigenvalue weighted by molar-refractivity contribution is 0.397. The zero-order valence-corrected chi connectivity index (χ0v) is 13.2. The van der Waals surface area contributed by atoms with Crippen molar-refractivity contribution < 1.29 is 9.47 Å². The fraction of sp³-hybridized carbons (Fsp3) is 0.167. The third-order valence-electron chi connectivity index (χ3n) is 3.33. The lowest BCUT2D eigenvalue weighted by Gasteiger charge is -2.12. The van der Waals surface area contributed by atoms with Gasteiger partial charge in [-0.15, -0.1) is 0 Å². The Morgan fingerprint density at radius 1 is 1.17 bits per heavy atom. The highest BCUT2D eigenvalue weighted by Gasteiger charge is 2.10. The molecule has 118 valence electrons. The molecule has 0 aromatic heterocycles. The molecule has 3 N–H and O–H groups in total. The van der Waals surface area contributed by atoms with E-state index in [0.29, 0.717) is 29.2 Å². The maximum absolute atomic E-state index is 9.33. The van der Waals surface area contributed by atoms with Gasteiger partial charge in [0, 0.05) is 23.9 Å². The number of allylic oxidation sites excluding steroid dienone is 1. The van der Waals surface area contributed by atoms with Crippen LogP contribution in [-0.4, -0.2) is 14.2 Å². The van der Waals surface area contributed by atoms with Gasteiger partial charge in [-0.2, -0.15) is 5.26 Å². The summed E-state index contributed by atoms with van der Waals surface area (Å²) in [7, 11) is 3.10. The molecule has 0 aliphatic heterocycles. The predicted octanol–water partition coefficient (Wildman–Crippen LogP) is 3.35. The van der Waals surface area contributed by atoms with E-state index in [2.05, 4.69) is 11.4 Å². The average molecular weight is 309 g/mol. The van der Waals surface area contributed by atoms with Crippen LogP contribution in [0.1, 0.15) is 5.56 Å². The maximum atomic E-state index is 9.33. The van der Waals surface area contributed by atoms with Crippen molar-refractivity contribution >= 4 is 11.4 Å². The Labute approximate surface area is 135 Å². The van der Waals surface area contributed by atoms with Crippen LogP contribution in [0, 0.1) is 11.3 Å². The van der Waals surface area contributed by atoms with Gasteiger partial charge in [0.1, 0.15) is 17.2 Å². The standard InChI is InChI=1S/C18H19N3O2/c1-22-16-9-13(10-17(23-2)18(16)20)8-14(11-19)12-21-15-6-4-3-5-7-15/h3-7,9-10,12,21H,8,20H2,1-2H3. The molecular weight excluding hydrogens is 290 g/mol. The van der Waals surface area contributed by atoms with Crippen LogP contribution in [0.5, 0.6) is 11.5 Å². The van der Waals surface area contributed by atoms with Crippen LogP contribution in [0.15, 0.2) is 54.2 Å². The molecule has 2 rings (SSSR count). The van der Waals surface area contributed by atoms with Crippen LogP contribution in [0.3, 0.4) is 0 Å². The van der Waals surface area contributed by atoms with Crippen LogP contribution in [0.4, 0.5) is 11.4 Å². The molecule has 2 aromatic carbocycles. The van der Waals surface area contributed by atoms with E-state index in [-0.39, 0.29) is 0 Å². The molecule has 0 fully saturated rings. The first-order chi connectivity index (χ1) is 11.2. The maximum Gasteiger partial charge on any atom is 0.145 e. The molecule has 0 aliphatic rings. The van der Waals surface area contributed by atoms with Gasteiger partial charge in [0.2, 0.25) is 0 Å². The second-order valence-corrected chi connectivity index (χ2v) is 4.88. The molecule has 0 spiro atoms. The van der Waals surface area contributed by atoms with Crippen molar-refractivity contribution in [1.29, 1.82) is 5.26 Å². The minimum Gasteiger partial charge on any atom is -0.494 e. The van der Waals surface area contributed by atoms with Gasteiger partial charge in [-0.3, -0.25) is 0 Å². The number of rotatable bonds is 6. The molecule has 0 aliphatic carbocycles. The summed E-state index contributed by atoms with van der Waals surface area (Å²) < 4.78 is 10.5. The summed E-state index contributed by atoms with van der Waals surface area (Å²) in [5, 5.41) is 12.4. The van der Waals surface area contributed by atoms with Gasteiger partial charge < -0.3 is 20.5 Å². The summed E-state index contributed by atoms with van der Waals surface area (Å²) in [4.78, 5) is 0. The van der Waals surface area contributed by atoms with Crippen molar-refractivity contribution in [2.75, 3.05) is 25.3 Å². The number of hydrogen-bond acceptors (Lipinski definition) is 5. The first-order valence-corrected chi connectivity index (χ1v) is 7.09. The molecule has 0 atom stereocenters. The molecule has 2 aromatic rings. The Morgan fingerprint density at radius 3 is 2.30 bits per heavy atom.